The van der Waals surface area contributed by atoms with Gasteiger partial charge in [0.1, 0.15) is 11.7 Å². The fourth-order valence-electron chi connectivity index (χ4n) is 1.70. The molecule has 2 heterocycles. The van der Waals surface area contributed by atoms with Gasteiger partial charge >= 0.3 is 11.9 Å². The monoisotopic (exact) mass is 207 g/mol. The van der Waals surface area contributed by atoms with Gasteiger partial charge in [-0.25, -0.2) is 9.89 Å². The summed E-state index contributed by atoms with van der Waals surface area (Å²) in [6.07, 6.45) is -3.95. The molecule has 0 radical (unpaired) electrons. The largest absolute Gasteiger partial charge is 0.398 e. The highest BCUT2D eigenvalue weighted by atomic mass is 19.4. The minimum Gasteiger partial charge on any atom is -0.279 e. The van der Waals surface area contributed by atoms with Crippen LogP contribution in [0.4, 0.5) is 13.2 Å². The molecule has 0 spiro atoms. The molecule has 2 rings (SSSR count). The molecule has 1 aromatic heterocycles. The number of rotatable bonds is 0. The van der Waals surface area contributed by atoms with E-state index in [1.807, 2.05) is 5.10 Å². The zero-order valence-corrected chi connectivity index (χ0v) is 7.14. The maximum Gasteiger partial charge on any atom is 0.398 e. The van der Waals surface area contributed by atoms with Crippen molar-refractivity contribution in [1.29, 1.82) is 0 Å². The third kappa shape index (κ3) is 1.32. The standard InChI is InChI=1S/C7H8F3N3O/c8-7(9,10)4-2-1-3-13-5(4)11-12-6(13)14/h4H,1-3H2,(H,12,14). The van der Waals surface area contributed by atoms with Gasteiger partial charge in [0.25, 0.3) is 0 Å². The minimum atomic E-state index is -4.32. The highest BCUT2D eigenvalue weighted by Crippen LogP contribution is 2.38. The Hall–Kier alpha value is -1.27. The van der Waals surface area contributed by atoms with Crippen molar-refractivity contribution < 1.29 is 13.2 Å². The van der Waals surface area contributed by atoms with E-state index in [1.165, 1.54) is 0 Å². The van der Waals surface area contributed by atoms with Crippen LogP contribution in [0.3, 0.4) is 0 Å². The molecule has 1 aliphatic rings. The van der Waals surface area contributed by atoms with Crippen LogP contribution < -0.4 is 5.69 Å². The summed E-state index contributed by atoms with van der Waals surface area (Å²) in [4.78, 5) is 11.0. The number of nitrogens with zero attached hydrogens (tertiary/aromatic N) is 2. The van der Waals surface area contributed by atoms with Crippen molar-refractivity contribution in [3.8, 4) is 0 Å². The van der Waals surface area contributed by atoms with Gasteiger partial charge in [-0.1, -0.05) is 0 Å². The molecule has 14 heavy (non-hydrogen) atoms. The second-order valence-electron chi connectivity index (χ2n) is 3.28. The third-order valence-corrected chi connectivity index (χ3v) is 2.37. The Bertz CT molecular complexity index is 392. The highest BCUT2D eigenvalue weighted by molar-refractivity contribution is 5.03. The molecule has 0 saturated heterocycles. The summed E-state index contributed by atoms with van der Waals surface area (Å²) < 4.78 is 38.4. The Morgan fingerprint density at radius 1 is 1.50 bits per heavy atom. The Balaban J connectivity index is 2.46. The lowest BCUT2D eigenvalue weighted by Gasteiger charge is -2.23. The first-order valence-electron chi connectivity index (χ1n) is 4.22. The van der Waals surface area contributed by atoms with Gasteiger partial charge in [0.05, 0.1) is 0 Å². The van der Waals surface area contributed by atoms with Crippen molar-refractivity contribution in [2.75, 3.05) is 0 Å². The molecule has 0 saturated carbocycles. The molecule has 1 aromatic rings. The number of H-pyrrole nitrogens is 1. The van der Waals surface area contributed by atoms with Gasteiger partial charge in [0.15, 0.2) is 0 Å². The quantitative estimate of drug-likeness (QED) is 0.690. The van der Waals surface area contributed by atoms with Crippen LogP contribution in [0.15, 0.2) is 4.79 Å². The lowest BCUT2D eigenvalue weighted by atomic mass is 9.98. The molecule has 0 fully saturated rings. The Labute approximate surface area is 76.7 Å². The summed E-state index contributed by atoms with van der Waals surface area (Å²) >= 11 is 0. The zero-order valence-electron chi connectivity index (χ0n) is 7.14. The summed E-state index contributed by atoms with van der Waals surface area (Å²) in [7, 11) is 0. The normalized spacial score (nSPS) is 22.1. The molecule has 1 N–H and O–H groups in total. The molecule has 4 nitrogen and oxygen atoms in total. The van der Waals surface area contributed by atoms with Crippen molar-refractivity contribution in [3.05, 3.63) is 16.3 Å². The summed E-state index contributed by atoms with van der Waals surface area (Å²) in [5.74, 6) is -1.79. The molecule has 1 atom stereocenters. The van der Waals surface area contributed by atoms with E-state index in [1.54, 1.807) is 0 Å². The molecule has 1 aliphatic heterocycles. The minimum absolute atomic E-state index is 0.00773. The van der Waals surface area contributed by atoms with Gasteiger partial charge in [-0.2, -0.15) is 18.3 Å². The van der Waals surface area contributed by atoms with Gasteiger partial charge in [-0.3, -0.25) is 4.57 Å². The fourth-order valence-corrected chi connectivity index (χ4v) is 1.70. The number of alkyl halides is 3. The second kappa shape index (κ2) is 2.86. The van der Waals surface area contributed by atoms with Crippen molar-refractivity contribution in [1.82, 2.24) is 14.8 Å². The number of hydrogen-bond acceptors (Lipinski definition) is 2. The lowest BCUT2D eigenvalue weighted by Crippen LogP contribution is -2.31. The average Bonchev–Trinajstić information content (AvgIpc) is 2.46. The van der Waals surface area contributed by atoms with Crippen LogP contribution in [0.2, 0.25) is 0 Å². The van der Waals surface area contributed by atoms with Crippen LogP contribution in [0.25, 0.3) is 0 Å². The van der Waals surface area contributed by atoms with E-state index in [0.717, 1.165) is 4.57 Å². The third-order valence-electron chi connectivity index (χ3n) is 2.37. The molecule has 0 aromatic carbocycles. The van der Waals surface area contributed by atoms with E-state index in [-0.39, 0.29) is 12.2 Å². The maximum absolute atomic E-state index is 12.5. The topological polar surface area (TPSA) is 50.7 Å². The number of nitrogens with one attached hydrogen (secondary N) is 1. The molecular weight excluding hydrogens is 199 g/mol. The second-order valence-corrected chi connectivity index (χ2v) is 3.28. The first-order valence-corrected chi connectivity index (χ1v) is 4.22. The zero-order chi connectivity index (χ0) is 10.3. The van der Waals surface area contributed by atoms with Crippen LogP contribution in [0, 0.1) is 0 Å². The van der Waals surface area contributed by atoms with Crippen molar-refractivity contribution in [2.45, 2.75) is 31.5 Å². The summed E-state index contributed by atoms with van der Waals surface area (Å²) in [5.41, 5.74) is -0.561. The predicted octanol–water partition coefficient (Wildman–Crippen LogP) is 1.01. The maximum atomic E-state index is 12.5. The Kier molecular flexibility index (Phi) is 1.90. The Morgan fingerprint density at radius 3 is 2.86 bits per heavy atom. The lowest BCUT2D eigenvalue weighted by molar-refractivity contribution is -0.156. The van der Waals surface area contributed by atoms with Crippen molar-refractivity contribution >= 4 is 0 Å². The predicted molar refractivity (Wildman–Crippen MR) is 40.9 cm³/mol. The van der Waals surface area contributed by atoms with E-state index in [9.17, 15) is 18.0 Å². The van der Waals surface area contributed by atoms with Crippen molar-refractivity contribution in [2.24, 2.45) is 0 Å². The van der Waals surface area contributed by atoms with E-state index in [0.29, 0.717) is 13.0 Å². The number of halogens is 3. The van der Waals surface area contributed by atoms with Crippen LogP contribution in [0.5, 0.6) is 0 Å². The van der Waals surface area contributed by atoms with E-state index < -0.39 is 17.8 Å². The number of aromatic amines is 1. The molecule has 78 valence electrons. The SMILES string of the molecule is O=c1[nH]nc2n1CCCC2C(F)(F)F. The number of hydrogen-bond donors (Lipinski definition) is 1. The first-order chi connectivity index (χ1) is 6.50. The van der Waals surface area contributed by atoms with Gasteiger partial charge in [0, 0.05) is 6.54 Å². The summed E-state index contributed by atoms with van der Waals surface area (Å²) in [5, 5.41) is 5.45. The molecule has 0 aliphatic carbocycles. The molecule has 7 heteroatoms. The number of fused-ring (bicyclic) bond motifs is 1. The van der Waals surface area contributed by atoms with Crippen LogP contribution >= 0.6 is 0 Å². The van der Waals surface area contributed by atoms with E-state index >= 15 is 0 Å². The summed E-state index contributed by atoms with van der Waals surface area (Å²) in [6.45, 7) is 0.317. The first kappa shape index (κ1) is 9.29. The molecule has 0 amide bonds. The Morgan fingerprint density at radius 2 is 2.21 bits per heavy atom. The van der Waals surface area contributed by atoms with E-state index in [4.69, 9.17) is 0 Å². The van der Waals surface area contributed by atoms with Crippen molar-refractivity contribution in [3.63, 3.8) is 0 Å². The molecule has 1 unspecified atom stereocenters. The fraction of sp³-hybridized carbons (Fsp3) is 0.714. The molecular formula is C7H8F3N3O. The van der Waals surface area contributed by atoms with Crippen LogP contribution in [-0.2, 0) is 6.54 Å². The average molecular weight is 207 g/mol. The van der Waals surface area contributed by atoms with Gasteiger partial charge in [0.2, 0.25) is 0 Å². The van der Waals surface area contributed by atoms with E-state index in [2.05, 4.69) is 5.10 Å². The summed E-state index contributed by atoms with van der Waals surface area (Å²) in [6, 6.07) is 0. The molecule has 0 bridgehead atoms. The smallest absolute Gasteiger partial charge is 0.279 e. The number of aromatic nitrogens is 3. The van der Waals surface area contributed by atoms with Crippen LogP contribution in [-0.4, -0.2) is 20.9 Å². The highest BCUT2D eigenvalue weighted by Gasteiger charge is 2.45. The van der Waals surface area contributed by atoms with Gasteiger partial charge in [-0.05, 0) is 12.8 Å². The van der Waals surface area contributed by atoms with Gasteiger partial charge in [-0.15, -0.1) is 0 Å². The van der Waals surface area contributed by atoms with Crippen LogP contribution in [0.1, 0.15) is 24.6 Å². The van der Waals surface area contributed by atoms with Gasteiger partial charge < -0.3 is 0 Å².